The molecule has 0 aliphatic heterocycles. The van der Waals surface area contributed by atoms with Gasteiger partial charge in [0.15, 0.2) is 17.5 Å². The monoisotopic (exact) mass is 385 g/mol. The van der Waals surface area contributed by atoms with Gasteiger partial charge in [0.2, 0.25) is 0 Å². The minimum atomic E-state index is -2.90. The second-order valence-corrected chi connectivity index (χ2v) is 7.35. The quantitative estimate of drug-likeness (QED) is 0.646. The van der Waals surface area contributed by atoms with E-state index in [1.54, 1.807) is 0 Å². The van der Waals surface area contributed by atoms with Crippen molar-refractivity contribution in [1.29, 1.82) is 0 Å². The van der Waals surface area contributed by atoms with E-state index in [0.717, 1.165) is 16.8 Å². The van der Waals surface area contributed by atoms with Crippen LogP contribution in [-0.2, 0) is 12.5 Å². The molecule has 1 atom stereocenters. The van der Waals surface area contributed by atoms with Gasteiger partial charge in [-0.2, -0.15) is 5.10 Å². The third-order valence-corrected chi connectivity index (χ3v) is 5.71. The Bertz CT molecular complexity index is 897. The van der Waals surface area contributed by atoms with Crippen LogP contribution in [0, 0.1) is 23.4 Å². The summed E-state index contributed by atoms with van der Waals surface area (Å²) in [5.74, 6) is -4.56. The summed E-state index contributed by atoms with van der Waals surface area (Å²) in [6.45, 7) is 0. The zero-order valence-corrected chi connectivity index (χ0v) is 14.3. The minimum Gasteiger partial charge on any atom is -0.348 e. The van der Waals surface area contributed by atoms with Crippen LogP contribution in [-0.4, -0.2) is 21.7 Å². The molecule has 0 spiro atoms. The van der Waals surface area contributed by atoms with Crippen molar-refractivity contribution in [2.75, 3.05) is 0 Å². The van der Waals surface area contributed by atoms with Crippen LogP contribution in [0.5, 0.6) is 0 Å². The van der Waals surface area contributed by atoms with E-state index in [1.165, 1.54) is 13.2 Å². The first-order valence-electron chi connectivity index (χ1n) is 8.49. The number of carbonyl (C=O) groups excluding carboxylic acids is 1. The topological polar surface area (TPSA) is 46.9 Å². The number of halogens is 5. The first kappa shape index (κ1) is 17.9. The van der Waals surface area contributed by atoms with Crippen molar-refractivity contribution in [3.8, 4) is 0 Å². The van der Waals surface area contributed by atoms with Gasteiger partial charge in [0, 0.05) is 24.7 Å². The van der Waals surface area contributed by atoms with Crippen LogP contribution in [0.15, 0.2) is 18.3 Å². The Hall–Kier alpha value is -2.45. The second kappa shape index (κ2) is 6.03. The molecular formula is C18H16F5N3O. The van der Waals surface area contributed by atoms with Crippen molar-refractivity contribution in [2.24, 2.45) is 13.0 Å². The summed E-state index contributed by atoms with van der Waals surface area (Å²) in [5, 5.41) is 6.33. The Balaban J connectivity index is 1.63. The molecule has 3 saturated carbocycles. The van der Waals surface area contributed by atoms with Crippen LogP contribution in [0.3, 0.4) is 0 Å². The number of hydrogen-bond acceptors (Lipinski definition) is 2. The van der Waals surface area contributed by atoms with E-state index < -0.39 is 46.9 Å². The highest BCUT2D eigenvalue weighted by Crippen LogP contribution is 2.60. The predicted molar refractivity (Wildman–Crippen MR) is 84.8 cm³/mol. The molecule has 2 aromatic rings. The van der Waals surface area contributed by atoms with Gasteiger partial charge in [-0.15, -0.1) is 0 Å². The molecule has 4 nitrogen and oxygen atoms in total. The van der Waals surface area contributed by atoms with Crippen molar-refractivity contribution < 1.29 is 26.7 Å². The molecule has 1 aromatic carbocycles. The van der Waals surface area contributed by atoms with Gasteiger partial charge in [0.05, 0.1) is 5.56 Å². The number of nitrogens with one attached hydrogen (secondary N) is 1. The van der Waals surface area contributed by atoms with Gasteiger partial charge >= 0.3 is 0 Å². The van der Waals surface area contributed by atoms with E-state index in [-0.39, 0.29) is 17.0 Å². The van der Waals surface area contributed by atoms with E-state index in [9.17, 15) is 26.7 Å². The van der Waals surface area contributed by atoms with E-state index in [4.69, 9.17) is 0 Å². The molecule has 3 aliphatic carbocycles. The lowest BCUT2D eigenvalue weighted by Crippen LogP contribution is -2.48. The fourth-order valence-electron chi connectivity index (χ4n) is 4.54. The Morgan fingerprint density at radius 2 is 1.89 bits per heavy atom. The van der Waals surface area contributed by atoms with Gasteiger partial charge in [0.25, 0.3) is 12.3 Å². The van der Waals surface area contributed by atoms with Gasteiger partial charge in [0.1, 0.15) is 5.69 Å². The fraction of sp³-hybridized carbons (Fsp3) is 0.444. The molecule has 1 unspecified atom stereocenters. The van der Waals surface area contributed by atoms with Crippen LogP contribution in [0.4, 0.5) is 22.0 Å². The Morgan fingerprint density at radius 1 is 1.26 bits per heavy atom. The fourth-order valence-corrected chi connectivity index (χ4v) is 4.54. The number of hydrogen-bond donors (Lipinski definition) is 1. The summed E-state index contributed by atoms with van der Waals surface area (Å²) in [4.78, 5) is 12.6. The zero-order chi connectivity index (χ0) is 19.5. The number of fused-ring (bicyclic) bond motifs is 1. The normalized spacial score (nSPS) is 26.3. The third kappa shape index (κ3) is 2.71. The number of benzene rings is 1. The number of carbonyl (C=O) groups is 1. The number of nitrogens with zero attached hydrogens (tertiary/aromatic N) is 2. The number of alkyl halides is 2. The summed E-state index contributed by atoms with van der Waals surface area (Å²) in [6.07, 6.45) is 0.0592. The summed E-state index contributed by atoms with van der Waals surface area (Å²) < 4.78 is 68.0. The lowest BCUT2D eigenvalue weighted by molar-refractivity contribution is 0.0903. The zero-order valence-electron chi connectivity index (χ0n) is 14.3. The standard InChI is InChI=1S/C18H16F5N3O/c1-26-7-10(15(25-26)16(22)23)17(27)24-13-2-8-5-18(13,6-8)9-3-11(19)14(21)12(20)4-9/h3-4,7-8,13,16H,2,5-6H2,1H3,(H,24,27). The molecule has 3 fully saturated rings. The molecule has 144 valence electrons. The lowest BCUT2D eigenvalue weighted by Gasteiger charge is -2.42. The molecule has 5 rings (SSSR count). The number of rotatable bonds is 4. The molecule has 1 N–H and O–H groups in total. The van der Waals surface area contributed by atoms with Crippen molar-refractivity contribution in [3.63, 3.8) is 0 Å². The largest absolute Gasteiger partial charge is 0.348 e. The van der Waals surface area contributed by atoms with Crippen LogP contribution in [0.2, 0.25) is 0 Å². The maximum Gasteiger partial charge on any atom is 0.282 e. The van der Waals surface area contributed by atoms with Gasteiger partial charge in [-0.1, -0.05) is 0 Å². The Kier molecular flexibility index (Phi) is 4.01. The average Bonchev–Trinajstić information content (AvgIpc) is 3.22. The molecule has 0 radical (unpaired) electrons. The molecular weight excluding hydrogens is 369 g/mol. The smallest absolute Gasteiger partial charge is 0.282 e. The number of amides is 1. The average molecular weight is 385 g/mol. The lowest BCUT2D eigenvalue weighted by atomic mass is 9.64. The van der Waals surface area contributed by atoms with Crippen molar-refractivity contribution in [2.45, 2.75) is 37.1 Å². The van der Waals surface area contributed by atoms with E-state index >= 15 is 0 Å². The highest BCUT2D eigenvalue weighted by atomic mass is 19.3. The molecule has 2 bridgehead atoms. The van der Waals surface area contributed by atoms with Crippen LogP contribution < -0.4 is 5.32 Å². The van der Waals surface area contributed by atoms with Gasteiger partial charge in [-0.3, -0.25) is 9.48 Å². The molecule has 27 heavy (non-hydrogen) atoms. The first-order chi connectivity index (χ1) is 12.7. The summed E-state index contributed by atoms with van der Waals surface area (Å²) in [6, 6.07) is 1.42. The van der Waals surface area contributed by atoms with Crippen LogP contribution in [0.1, 0.15) is 47.3 Å². The Morgan fingerprint density at radius 3 is 2.48 bits per heavy atom. The SMILES string of the molecule is Cn1cc(C(=O)NC2CC3CC2(c2cc(F)c(F)c(F)c2)C3)c(C(F)F)n1. The van der Waals surface area contributed by atoms with Gasteiger partial charge in [-0.25, -0.2) is 22.0 Å². The summed E-state index contributed by atoms with van der Waals surface area (Å²) >= 11 is 0. The maximum atomic E-state index is 13.7. The maximum absolute atomic E-state index is 13.7. The highest BCUT2D eigenvalue weighted by molar-refractivity contribution is 5.95. The molecule has 1 amide bonds. The third-order valence-electron chi connectivity index (χ3n) is 5.71. The molecule has 3 aliphatic rings. The van der Waals surface area contributed by atoms with Crippen LogP contribution >= 0.6 is 0 Å². The summed E-state index contributed by atoms with van der Waals surface area (Å²) in [5.41, 5.74) is -1.29. The molecule has 9 heteroatoms. The number of aromatic nitrogens is 2. The number of aryl methyl sites for hydroxylation is 1. The van der Waals surface area contributed by atoms with E-state index in [2.05, 4.69) is 10.4 Å². The van der Waals surface area contributed by atoms with E-state index in [1.807, 2.05) is 0 Å². The van der Waals surface area contributed by atoms with E-state index in [0.29, 0.717) is 19.3 Å². The molecule has 0 saturated heterocycles. The van der Waals surface area contributed by atoms with Crippen molar-refractivity contribution in [1.82, 2.24) is 15.1 Å². The predicted octanol–water partition coefficient (Wildman–Crippen LogP) is 3.63. The van der Waals surface area contributed by atoms with Gasteiger partial charge in [-0.05, 0) is 42.9 Å². The van der Waals surface area contributed by atoms with Gasteiger partial charge < -0.3 is 5.32 Å². The van der Waals surface area contributed by atoms with Crippen LogP contribution in [0.25, 0.3) is 0 Å². The molecule has 1 aromatic heterocycles. The molecule has 1 heterocycles. The Labute approximate surface area is 151 Å². The van der Waals surface area contributed by atoms with Crippen molar-refractivity contribution in [3.05, 3.63) is 52.6 Å². The van der Waals surface area contributed by atoms with Crippen molar-refractivity contribution >= 4 is 5.91 Å². The summed E-state index contributed by atoms with van der Waals surface area (Å²) in [7, 11) is 1.43. The first-order valence-corrected chi connectivity index (χ1v) is 8.49. The highest BCUT2D eigenvalue weighted by Gasteiger charge is 2.58. The minimum absolute atomic E-state index is 0.233. The second-order valence-electron chi connectivity index (χ2n) is 7.35.